The van der Waals surface area contributed by atoms with Crippen molar-refractivity contribution in [3.05, 3.63) is 33.1 Å². The third-order valence-corrected chi connectivity index (χ3v) is 5.95. The summed E-state index contributed by atoms with van der Waals surface area (Å²) in [6.45, 7) is 10.7. The third-order valence-electron chi connectivity index (χ3n) is 4.63. The minimum absolute atomic E-state index is 0. The number of aromatic nitrogens is 2. The van der Waals surface area contributed by atoms with Crippen molar-refractivity contribution in [2.75, 3.05) is 13.7 Å². The summed E-state index contributed by atoms with van der Waals surface area (Å²) in [6.07, 6.45) is 2.08. The highest BCUT2D eigenvalue weighted by Gasteiger charge is 2.20. The van der Waals surface area contributed by atoms with Crippen LogP contribution in [0.15, 0.2) is 15.6 Å². The molecule has 0 radical (unpaired) electrons. The van der Waals surface area contributed by atoms with E-state index in [0.29, 0.717) is 35.6 Å². The summed E-state index contributed by atoms with van der Waals surface area (Å²) in [6, 6.07) is 1.87. The van der Waals surface area contributed by atoms with Crippen molar-refractivity contribution in [3.63, 3.8) is 0 Å². The van der Waals surface area contributed by atoms with E-state index in [2.05, 4.69) is 39.6 Å². The largest absolute Gasteiger partial charge is 0.462 e. The molecule has 2 heterocycles. The molecular weight excluding hydrogens is 517 g/mol. The van der Waals surface area contributed by atoms with Crippen LogP contribution in [0.2, 0.25) is 0 Å². The van der Waals surface area contributed by atoms with Crippen LogP contribution in [0.25, 0.3) is 0 Å². The summed E-state index contributed by atoms with van der Waals surface area (Å²) in [7, 11) is 1.70. The first-order chi connectivity index (χ1) is 13.9. The fourth-order valence-electron chi connectivity index (χ4n) is 2.93. The van der Waals surface area contributed by atoms with Gasteiger partial charge in [-0.05, 0) is 33.6 Å². The van der Waals surface area contributed by atoms with Gasteiger partial charge in [-0.2, -0.15) is 0 Å². The van der Waals surface area contributed by atoms with Crippen LogP contribution in [0.1, 0.15) is 84.3 Å². The summed E-state index contributed by atoms with van der Waals surface area (Å²) in [4.78, 5) is 21.3. The van der Waals surface area contributed by atoms with Crippen LogP contribution in [-0.2, 0) is 11.3 Å². The van der Waals surface area contributed by atoms with E-state index in [9.17, 15) is 4.79 Å². The van der Waals surface area contributed by atoms with Crippen LogP contribution >= 0.6 is 35.3 Å². The zero-order valence-corrected chi connectivity index (χ0v) is 21.6. The first kappa shape index (κ1) is 26.3. The first-order valence-corrected chi connectivity index (χ1v) is 10.8. The van der Waals surface area contributed by atoms with Gasteiger partial charge in [0.15, 0.2) is 11.7 Å². The fourth-order valence-corrected chi connectivity index (χ4v) is 3.90. The van der Waals surface area contributed by atoms with Crippen molar-refractivity contribution < 1.29 is 14.1 Å². The van der Waals surface area contributed by atoms with Crippen LogP contribution in [0.5, 0.6) is 0 Å². The number of aliphatic imine (C=N–C) groups is 1. The van der Waals surface area contributed by atoms with Gasteiger partial charge in [0.25, 0.3) is 0 Å². The van der Waals surface area contributed by atoms with Crippen LogP contribution in [0, 0.1) is 6.92 Å². The smallest absolute Gasteiger partial charge is 0.350 e. The molecule has 0 aliphatic carbocycles. The predicted octanol–water partition coefficient (Wildman–Crippen LogP) is 4.56. The number of aryl methyl sites for hydroxylation is 1. The number of ether oxygens (including phenoxy) is 1. The molecule has 0 amide bonds. The summed E-state index contributed by atoms with van der Waals surface area (Å²) in [5.41, 5.74) is 1.67. The molecule has 0 aliphatic rings. The molecule has 0 saturated carbocycles. The van der Waals surface area contributed by atoms with Crippen LogP contribution in [0.3, 0.4) is 0 Å². The Labute approximate surface area is 199 Å². The Balaban J connectivity index is 0.00000450. The van der Waals surface area contributed by atoms with E-state index in [0.717, 1.165) is 29.3 Å². The number of thiazole rings is 1. The van der Waals surface area contributed by atoms with Gasteiger partial charge in [-0.25, -0.2) is 9.78 Å². The molecular formula is C20H32IN5O3S. The van der Waals surface area contributed by atoms with E-state index >= 15 is 0 Å². The lowest BCUT2D eigenvalue weighted by Gasteiger charge is -2.15. The second kappa shape index (κ2) is 12.9. The zero-order valence-electron chi connectivity index (χ0n) is 18.4. The Hall–Kier alpha value is -1.69. The molecule has 0 saturated heterocycles. The van der Waals surface area contributed by atoms with Crippen LogP contribution in [0.4, 0.5) is 0 Å². The van der Waals surface area contributed by atoms with Crippen molar-refractivity contribution in [2.24, 2.45) is 4.99 Å². The number of nitrogens with zero attached hydrogens (tertiary/aromatic N) is 3. The lowest BCUT2D eigenvalue weighted by Crippen LogP contribution is -2.38. The Bertz CT molecular complexity index is 832. The van der Waals surface area contributed by atoms with Gasteiger partial charge in [-0.3, -0.25) is 4.99 Å². The van der Waals surface area contributed by atoms with E-state index in [4.69, 9.17) is 9.26 Å². The van der Waals surface area contributed by atoms with Gasteiger partial charge in [0.05, 0.1) is 30.6 Å². The summed E-state index contributed by atoms with van der Waals surface area (Å²) < 4.78 is 10.5. The van der Waals surface area contributed by atoms with Gasteiger partial charge in [0, 0.05) is 19.0 Å². The number of nitrogens with one attached hydrogen (secondary N) is 2. The normalized spacial score (nSPS) is 12.4. The van der Waals surface area contributed by atoms with E-state index < -0.39 is 0 Å². The molecule has 2 rings (SSSR count). The maximum absolute atomic E-state index is 12.0. The van der Waals surface area contributed by atoms with E-state index in [1.54, 1.807) is 14.0 Å². The lowest BCUT2D eigenvalue weighted by atomic mass is 9.99. The van der Waals surface area contributed by atoms with Gasteiger partial charge in [0.1, 0.15) is 9.88 Å². The number of guanidine groups is 1. The minimum atomic E-state index is -0.331. The maximum Gasteiger partial charge on any atom is 0.350 e. The van der Waals surface area contributed by atoms with Gasteiger partial charge in [0.2, 0.25) is 0 Å². The molecule has 0 fully saturated rings. The van der Waals surface area contributed by atoms with E-state index in [1.165, 1.54) is 11.3 Å². The predicted molar refractivity (Wildman–Crippen MR) is 130 cm³/mol. The number of rotatable bonds is 9. The Morgan fingerprint density at radius 2 is 2.03 bits per heavy atom. The van der Waals surface area contributed by atoms with Gasteiger partial charge >= 0.3 is 5.97 Å². The van der Waals surface area contributed by atoms with Gasteiger partial charge in [-0.1, -0.05) is 19.0 Å². The highest BCUT2D eigenvalue weighted by molar-refractivity contribution is 14.0. The lowest BCUT2D eigenvalue weighted by molar-refractivity contribution is 0.0531. The molecule has 0 bridgehead atoms. The molecule has 8 nitrogen and oxygen atoms in total. The molecule has 2 aromatic heterocycles. The van der Waals surface area contributed by atoms with E-state index in [1.807, 2.05) is 19.9 Å². The highest BCUT2D eigenvalue weighted by Crippen LogP contribution is 2.24. The number of halogens is 1. The second-order valence-electron chi connectivity index (χ2n) is 6.71. The minimum Gasteiger partial charge on any atom is -0.462 e. The molecule has 0 aliphatic heterocycles. The topological polar surface area (TPSA) is 102 Å². The summed E-state index contributed by atoms with van der Waals surface area (Å²) >= 11 is 1.33. The highest BCUT2D eigenvalue weighted by atomic mass is 127. The maximum atomic E-state index is 12.0. The van der Waals surface area contributed by atoms with Gasteiger partial charge < -0.3 is 19.9 Å². The van der Waals surface area contributed by atoms with Crippen molar-refractivity contribution >= 4 is 47.2 Å². The molecule has 10 heteroatoms. The quantitative estimate of drug-likeness (QED) is 0.205. The summed E-state index contributed by atoms with van der Waals surface area (Å²) in [5, 5.41) is 11.5. The molecule has 0 aromatic carbocycles. The average Bonchev–Trinajstić information content (AvgIpc) is 3.33. The molecule has 0 spiro atoms. The van der Waals surface area contributed by atoms with Crippen molar-refractivity contribution in [1.82, 2.24) is 20.8 Å². The summed E-state index contributed by atoms with van der Waals surface area (Å²) in [5.74, 6) is 1.47. The Morgan fingerprint density at radius 3 is 2.63 bits per heavy atom. The molecule has 2 aromatic rings. The third kappa shape index (κ3) is 6.93. The number of carbonyl (C=O) groups excluding carboxylic acids is 1. The number of esters is 1. The van der Waals surface area contributed by atoms with Crippen LogP contribution in [-0.4, -0.2) is 35.7 Å². The molecule has 1 unspecified atom stereocenters. The van der Waals surface area contributed by atoms with Crippen molar-refractivity contribution in [1.29, 1.82) is 0 Å². The van der Waals surface area contributed by atoms with Gasteiger partial charge in [-0.15, -0.1) is 35.3 Å². The molecule has 168 valence electrons. The van der Waals surface area contributed by atoms with Crippen molar-refractivity contribution in [2.45, 2.75) is 66.0 Å². The Morgan fingerprint density at radius 1 is 1.33 bits per heavy atom. The monoisotopic (exact) mass is 549 g/mol. The standard InChI is InChI=1S/C20H31N5O3S.HI/c1-7-14(8-2)16-10-15(28-25-16)11-22-20(21-6)24-13(5)18-23-12(4)17(29-18)19(26)27-9-3;/h10,13-14H,7-9,11H2,1-6H3,(H2,21,22,24);1H. The SMILES string of the molecule is CCOC(=O)c1sc(C(C)NC(=NC)NCc2cc(C(CC)CC)no2)nc1C.I. The average molecular weight is 549 g/mol. The van der Waals surface area contributed by atoms with Crippen molar-refractivity contribution in [3.8, 4) is 0 Å². The van der Waals surface area contributed by atoms with Crippen LogP contribution < -0.4 is 10.6 Å². The molecule has 2 N–H and O–H groups in total. The number of carbonyl (C=O) groups is 1. The number of hydrogen-bond donors (Lipinski definition) is 2. The molecule has 1 atom stereocenters. The zero-order chi connectivity index (χ0) is 21.4. The second-order valence-corrected chi connectivity index (χ2v) is 7.74. The van der Waals surface area contributed by atoms with E-state index in [-0.39, 0.29) is 36.0 Å². The Kier molecular flexibility index (Phi) is 11.3. The number of hydrogen-bond acceptors (Lipinski definition) is 7. The molecule has 30 heavy (non-hydrogen) atoms. The fraction of sp³-hybridized carbons (Fsp3) is 0.600. The first-order valence-electron chi connectivity index (χ1n) is 10.00.